The van der Waals surface area contributed by atoms with Crippen LogP contribution in [0.1, 0.15) is 32.1 Å². The maximum absolute atomic E-state index is 12.7. The molecule has 2 fully saturated rings. The molecule has 0 N–H and O–H groups in total. The number of carbonyl (C=O) groups is 1. The summed E-state index contributed by atoms with van der Waals surface area (Å²) in [6.07, 6.45) is 7.25. The molecule has 0 unspecified atom stereocenters. The van der Waals surface area contributed by atoms with Crippen molar-refractivity contribution in [1.29, 1.82) is 0 Å². The maximum atomic E-state index is 12.7. The smallest absolute Gasteiger partial charge is 0.230 e. The molecule has 1 saturated heterocycles. The van der Waals surface area contributed by atoms with Crippen LogP contribution >= 0.6 is 0 Å². The first kappa shape index (κ1) is 15.1. The molecule has 6 heteroatoms. The number of carbonyl (C=O) groups excluding carboxylic acids is 1. The number of aromatic nitrogens is 2. The van der Waals surface area contributed by atoms with Gasteiger partial charge in [-0.25, -0.2) is 4.68 Å². The van der Waals surface area contributed by atoms with Crippen molar-refractivity contribution in [3.63, 3.8) is 0 Å². The first-order chi connectivity index (χ1) is 11.2. The summed E-state index contributed by atoms with van der Waals surface area (Å²) in [5, 5.41) is 4.59. The molecule has 0 atom stereocenters. The molecule has 1 aromatic rings. The third kappa shape index (κ3) is 2.78. The SMILES string of the molecule is COCCN1C(=O)CC2(CCN(CC3CC3)CC2)n2nccc21. The lowest BCUT2D eigenvalue weighted by atomic mass is 9.82. The van der Waals surface area contributed by atoms with Gasteiger partial charge in [-0.05, 0) is 31.6 Å². The minimum Gasteiger partial charge on any atom is -0.383 e. The van der Waals surface area contributed by atoms with Crippen LogP contribution in [0.3, 0.4) is 0 Å². The van der Waals surface area contributed by atoms with Crippen LogP contribution in [0.2, 0.25) is 0 Å². The molecule has 2 aliphatic heterocycles. The van der Waals surface area contributed by atoms with Gasteiger partial charge in [0.25, 0.3) is 0 Å². The number of fused-ring (bicyclic) bond motifs is 2. The van der Waals surface area contributed by atoms with Gasteiger partial charge in [-0.3, -0.25) is 9.69 Å². The summed E-state index contributed by atoms with van der Waals surface area (Å²) in [4.78, 5) is 17.1. The summed E-state index contributed by atoms with van der Waals surface area (Å²) in [6.45, 7) is 4.57. The Labute approximate surface area is 137 Å². The zero-order valence-electron chi connectivity index (χ0n) is 13.9. The number of ether oxygens (including phenoxy) is 1. The Morgan fingerprint density at radius 2 is 2.13 bits per heavy atom. The molecule has 1 aromatic heterocycles. The number of hydrogen-bond acceptors (Lipinski definition) is 4. The lowest BCUT2D eigenvalue weighted by Crippen LogP contribution is -2.54. The lowest BCUT2D eigenvalue weighted by Gasteiger charge is -2.46. The number of piperidine rings is 1. The molecule has 23 heavy (non-hydrogen) atoms. The second-order valence-electron chi connectivity index (χ2n) is 7.28. The molecule has 1 amide bonds. The van der Waals surface area contributed by atoms with Gasteiger partial charge in [0.05, 0.1) is 31.3 Å². The van der Waals surface area contributed by atoms with E-state index in [1.807, 2.05) is 17.2 Å². The van der Waals surface area contributed by atoms with E-state index in [1.54, 1.807) is 7.11 Å². The minimum atomic E-state index is -0.112. The van der Waals surface area contributed by atoms with Gasteiger partial charge in [0.15, 0.2) is 0 Å². The molecule has 0 radical (unpaired) electrons. The van der Waals surface area contributed by atoms with Crippen molar-refractivity contribution in [2.45, 2.75) is 37.6 Å². The van der Waals surface area contributed by atoms with Gasteiger partial charge in [-0.1, -0.05) is 0 Å². The van der Waals surface area contributed by atoms with Crippen molar-refractivity contribution in [2.24, 2.45) is 5.92 Å². The van der Waals surface area contributed by atoms with Gasteiger partial charge in [0, 0.05) is 32.8 Å². The van der Waals surface area contributed by atoms with Gasteiger partial charge in [0.2, 0.25) is 5.91 Å². The molecule has 3 aliphatic rings. The molecule has 3 heterocycles. The minimum absolute atomic E-state index is 0.112. The highest BCUT2D eigenvalue weighted by Crippen LogP contribution is 2.41. The van der Waals surface area contributed by atoms with Crippen LogP contribution in [0.4, 0.5) is 5.82 Å². The molecule has 4 rings (SSSR count). The fourth-order valence-corrected chi connectivity index (χ4v) is 4.07. The van der Waals surface area contributed by atoms with E-state index < -0.39 is 0 Å². The van der Waals surface area contributed by atoms with Crippen molar-refractivity contribution in [1.82, 2.24) is 14.7 Å². The van der Waals surface area contributed by atoms with E-state index in [9.17, 15) is 4.79 Å². The zero-order valence-corrected chi connectivity index (χ0v) is 13.9. The van der Waals surface area contributed by atoms with E-state index >= 15 is 0 Å². The Morgan fingerprint density at radius 1 is 1.35 bits per heavy atom. The van der Waals surface area contributed by atoms with E-state index in [-0.39, 0.29) is 11.4 Å². The van der Waals surface area contributed by atoms with Gasteiger partial charge >= 0.3 is 0 Å². The second-order valence-corrected chi connectivity index (χ2v) is 7.28. The summed E-state index contributed by atoms with van der Waals surface area (Å²) in [5.74, 6) is 2.08. The van der Waals surface area contributed by atoms with Crippen molar-refractivity contribution in [3.8, 4) is 0 Å². The summed E-state index contributed by atoms with van der Waals surface area (Å²) < 4.78 is 7.27. The number of hydrogen-bond donors (Lipinski definition) is 0. The van der Waals surface area contributed by atoms with Gasteiger partial charge < -0.3 is 9.64 Å². The fourth-order valence-electron chi connectivity index (χ4n) is 4.07. The molecule has 0 aromatic carbocycles. The first-order valence-electron chi connectivity index (χ1n) is 8.78. The Hall–Kier alpha value is -1.40. The van der Waals surface area contributed by atoms with E-state index in [4.69, 9.17) is 4.74 Å². The third-order valence-electron chi connectivity index (χ3n) is 5.65. The average molecular weight is 318 g/mol. The lowest BCUT2D eigenvalue weighted by molar-refractivity contribution is -0.123. The predicted molar refractivity (Wildman–Crippen MR) is 87.4 cm³/mol. The van der Waals surface area contributed by atoms with Crippen molar-refractivity contribution in [2.75, 3.05) is 44.8 Å². The van der Waals surface area contributed by atoms with Crippen LogP contribution in [0, 0.1) is 5.92 Å². The standard InChI is InChI=1S/C17H26N4O2/c1-23-11-10-20-15-4-7-18-21(15)17(12-16(20)22)5-8-19(9-6-17)13-14-2-3-14/h4,7,14H,2-3,5-6,8-13H2,1H3. The number of nitrogens with zero attached hydrogens (tertiary/aromatic N) is 4. The van der Waals surface area contributed by atoms with E-state index in [0.717, 1.165) is 37.7 Å². The largest absolute Gasteiger partial charge is 0.383 e. The highest BCUT2D eigenvalue weighted by molar-refractivity contribution is 5.94. The van der Waals surface area contributed by atoms with Crippen LogP contribution in [-0.4, -0.2) is 60.5 Å². The van der Waals surface area contributed by atoms with Crippen LogP contribution in [0.5, 0.6) is 0 Å². The quantitative estimate of drug-likeness (QED) is 0.825. The highest BCUT2D eigenvalue weighted by Gasteiger charge is 2.45. The topological polar surface area (TPSA) is 50.6 Å². The second kappa shape index (κ2) is 5.91. The van der Waals surface area contributed by atoms with Crippen LogP contribution in [0.15, 0.2) is 12.3 Å². The van der Waals surface area contributed by atoms with Gasteiger partial charge in [-0.15, -0.1) is 0 Å². The molecule has 6 nitrogen and oxygen atoms in total. The number of rotatable bonds is 5. The Kier molecular flexibility index (Phi) is 3.89. The van der Waals surface area contributed by atoms with Gasteiger partial charge in [-0.2, -0.15) is 5.10 Å². The third-order valence-corrected chi connectivity index (χ3v) is 5.65. The maximum Gasteiger partial charge on any atom is 0.230 e. The molecule has 0 bridgehead atoms. The van der Waals surface area contributed by atoms with Gasteiger partial charge in [0.1, 0.15) is 5.82 Å². The number of likely N-dealkylation sites (tertiary alicyclic amines) is 1. The van der Waals surface area contributed by atoms with Crippen LogP contribution in [0.25, 0.3) is 0 Å². The fraction of sp³-hybridized carbons (Fsp3) is 0.765. The summed E-state index contributed by atoms with van der Waals surface area (Å²) in [5.41, 5.74) is -0.112. The van der Waals surface area contributed by atoms with Crippen molar-refractivity contribution in [3.05, 3.63) is 12.3 Å². The Balaban J connectivity index is 1.52. The summed E-state index contributed by atoms with van der Waals surface area (Å²) in [7, 11) is 1.67. The van der Waals surface area contributed by atoms with Crippen LogP contribution in [-0.2, 0) is 15.1 Å². The molecule has 126 valence electrons. The number of amides is 1. The monoisotopic (exact) mass is 318 g/mol. The van der Waals surface area contributed by atoms with Crippen LogP contribution < -0.4 is 4.90 Å². The number of anilines is 1. The van der Waals surface area contributed by atoms with E-state index in [1.165, 1.54) is 19.4 Å². The average Bonchev–Trinajstić information content (AvgIpc) is 3.22. The summed E-state index contributed by atoms with van der Waals surface area (Å²) in [6, 6.07) is 1.96. The van der Waals surface area contributed by atoms with Crippen molar-refractivity contribution < 1.29 is 9.53 Å². The first-order valence-corrected chi connectivity index (χ1v) is 8.78. The van der Waals surface area contributed by atoms with E-state index in [0.29, 0.717) is 19.6 Å². The molecule has 1 saturated carbocycles. The normalized spacial score (nSPS) is 24.2. The zero-order chi connectivity index (χ0) is 15.9. The summed E-state index contributed by atoms with van der Waals surface area (Å²) >= 11 is 0. The van der Waals surface area contributed by atoms with E-state index in [2.05, 4.69) is 14.7 Å². The molecular weight excluding hydrogens is 292 g/mol. The number of methoxy groups -OCH3 is 1. The highest BCUT2D eigenvalue weighted by atomic mass is 16.5. The van der Waals surface area contributed by atoms with Crippen molar-refractivity contribution >= 4 is 11.7 Å². The predicted octanol–water partition coefficient (Wildman–Crippen LogP) is 1.47. The molecule has 1 aliphatic carbocycles. The Bertz CT molecular complexity index is 573. The molecule has 1 spiro atoms. The Morgan fingerprint density at radius 3 is 2.83 bits per heavy atom. The molecular formula is C17H26N4O2.